The number of nitrogens with one attached hydrogen (secondary N) is 1. The van der Waals surface area contributed by atoms with E-state index in [1.807, 2.05) is 0 Å². The largest absolute Gasteiger partial charge is 0.479 e. The summed E-state index contributed by atoms with van der Waals surface area (Å²) in [5.41, 5.74) is 3.40. The second kappa shape index (κ2) is 8.96. The molecule has 2 aromatic rings. The first-order valence-corrected chi connectivity index (χ1v) is 11.7. The van der Waals surface area contributed by atoms with Crippen LogP contribution in [0, 0.1) is 0 Å². The smallest absolute Gasteiger partial charge is 0.349 e. The summed E-state index contributed by atoms with van der Waals surface area (Å²) in [5.74, 6) is -2.91. The van der Waals surface area contributed by atoms with Crippen LogP contribution in [0.2, 0.25) is 5.02 Å². The third-order valence-electron chi connectivity index (χ3n) is 3.92. The average Bonchev–Trinajstić information content (AvgIpc) is 3.12. The van der Waals surface area contributed by atoms with Gasteiger partial charge in [-0.15, -0.1) is 11.3 Å². The number of hydrogen-bond donors (Lipinski definition) is 3. The molecule has 11 heteroatoms. The molecule has 0 amide bonds. The van der Waals surface area contributed by atoms with E-state index in [4.69, 9.17) is 21.4 Å². The number of carbonyl (C=O) groups is 2. The Balaban J connectivity index is 0.000000381. The van der Waals surface area contributed by atoms with Crippen molar-refractivity contribution in [2.24, 2.45) is 0 Å². The number of halogens is 1. The van der Waals surface area contributed by atoms with Crippen molar-refractivity contribution in [3.8, 4) is 27.3 Å². The van der Waals surface area contributed by atoms with Gasteiger partial charge in [0.1, 0.15) is 5.02 Å². The number of carboxylic acid groups (broad SMARTS) is 2. The van der Waals surface area contributed by atoms with Crippen LogP contribution in [0.1, 0.15) is 9.67 Å². The van der Waals surface area contributed by atoms with Gasteiger partial charge in [-0.1, -0.05) is 48.0 Å². The molecule has 0 bridgehead atoms. The minimum absolute atomic E-state index is 0.105. The number of fused-ring (bicyclic) bond motifs is 1. The van der Waals surface area contributed by atoms with E-state index in [0.29, 0.717) is 5.56 Å². The fourth-order valence-electron chi connectivity index (χ4n) is 2.62. The summed E-state index contributed by atoms with van der Waals surface area (Å²) in [4.78, 5) is 22.0. The first-order valence-electron chi connectivity index (χ1n) is 8.64. The standard InChI is InChI=1S/C14H12ClNO7S2.C6H4/c1-25(21,22)16-8-5-3-2-4-7(8)12-10(15)11(23-6-9(17)18)13(24-12)14(19)20;1-2-5-4-6(5)3-1/h2-5,16H,6H2,1H3,(H,17,18)(H,19,20);1-4H. The summed E-state index contributed by atoms with van der Waals surface area (Å²) in [7, 11) is -3.58. The molecule has 0 radical (unpaired) electrons. The summed E-state index contributed by atoms with van der Waals surface area (Å²) in [5, 5.41) is 17.9. The van der Waals surface area contributed by atoms with Gasteiger partial charge in [-0.2, -0.15) is 0 Å². The quantitative estimate of drug-likeness (QED) is 0.359. The highest BCUT2D eigenvalue weighted by Gasteiger charge is 2.26. The molecule has 0 saturated heterocycles. The minimum atomic E-state index is -3.58. The van der Waals surface area contributed by atoms with Crippen molar-refractivity contribution < 1.29 is 33.0 Å². The van der Waals surface area contributed by atoms with Crippen LogP contribution in [0.3, 0.4) is 0 Å². The molecule has 0 aliphatic heterocycles. The molecule has 8 nitrogen and oxygen atoms in total. The number of hydrogen-bond acceptors (Lipinski definition) is 6. The van der Waals surface area contributed by atoms with Gasteiger partial charge in [0, 0.05) is 5.56 Å². The molecule has 162 valence electrons. The maximum absolute atomic E-state index is 11.5. The van der Waals surface area contributed by atoms with E-state index >= 15 is 0 Å². The van der Waals surface area contributed by atoms with E-state index in [1.165, 1.54) is 17.2 Å². The number of para-hydroxylation sites is 1. The predicted octanol–water partition coefficient (Wildman–Crippen LogP) is 4.27. The van der Waals surface area contributed by atoms with Crippen molar-refractivity contribution in [2.45, 2.75) is 0 Å². The van der Waals surface area contributed by atoms with Gasteiger partial charge in [0.05, 0.1) is 16.8 Å². The van der Waals surface area contributed by atoms with Gasteiger partial charge in [-0.05, 0) is 23.3 Å². The van der Waals surface area contributed by atoms with Gasteiger partial charge < -0.3 is 14.9 Å². The highest BCUT2D eigenvalue weighted by molar-refractivity contribution is 7.92. The predicted molar refractivity (Wildman–Crippen MR) is 119 cm³/mol. The van der Waals surface area contributed by atoms with Crippen molar-refractivity contribution in [3.05, 3.63) is 58.4 Å². The zero-order valence-electron chi connectivity index (χ0n) is 16.0. The molecule has 0 fully saturated rings. The monoisotopic (exact) mass is 481 g/mol. The van der Waals surface area contributed by atoms with Gasteiger partial charge >= 0.3 is 11.9 Å². The Morgan fingerprint density at radius 3 is 2.23 bits per heavy atom. The second-order valence-electron chi connectivity index (χ2n) is 6.39. The Kier molecular flexibility index (Phi) is 6.54. The maximum atomic E-state index is 11.5. The number of ether oxygens (including phenoxy) is 1. The summed E-state index contributed by atoms with van der Waals surface area (Å²) >= 11 is 6.94. The summed E-state index contributed by atoms with van der Waals surface area (Å²) in [6, 6.07) is 14.7. The van der Waals surface area contributed by atoms with Crippen molar-refractivity contribution in [3.63, 3.8) is 0 Å². The number of carboxylic acids is 2. The Morgan fingerprint density at radius 1 is 1.10 bits per heavy atom. The number of thiophene rings is 1. The lowest BCUT2D eigenvalue weighted by molar-refractivity contribution is -0.139. The average molecular weight is 482 g/mol. The molecule has 0 unspecified atom stereocenters. The van der Waals surface area contributed by atoms with Crippen LogP contribution in [0.15, 0.2) is 48.5 Å². The Hall–Kier alpha value is -3.08. The molecule has 0 saturated carbocycles. The maximum Gasteiger partial charge on any atom is 0.349 e. The number of aromatic carboxylic acids is 1. The summed E-state index contributed by atoms with van der Waals surface area (Å²) < 4.78 is 30.3. The third-order valence-corrected chi connectivity index (χ3v) is 6.18. The summed E-state index contributed by atoms with van der Waals surface area (Å²) in [6.07, 6.45) is 0.976. The topological polar surface area (TPSA) is 130 Å². The highest BCUT2D eigenvalue weighted by Crippen LogP contribution is 2.47. The van der Waals surface area contributed by atoms with Crippen molar-refractivity contribution in [2.75, 3.05) is 17.6 Å². The van der Waals surface area contributed by atoms with Gasteiger partial charge in [-0.3, -0.25) is 4.72 Å². The molecule has 2 aliphatic carbocycles. The SMILES string of the molecule is CS(=O)(=O)Nc1ccccc1-c1sc(C(=O)O)c(OCC(=O)O)c1Cl.c1cc2cc-2c1. The number of sulfonamides is 1. The lowest BCUT2D eigenvalue weighted by Crippen LogP contribution is -2.11. The molecule has 1 aromatic heterocycles. The molecule has 1 heterocycles. The van der Waals surface area contributed by atoms with E-state index < -0.39 is 28.6 Å². The van der Waals surface area contributed by atoms with Gasteiger partial charge in [0.15, 0.2) is 17.2 Å². The van der Waals surface area contributed by atoms with Crippen LogP contribution in [0.4, 0.5) is 5.69 Å². The molecule has 1 aromatic carbocycles. The molecule has 3 N–H and O–H groups in total. The Labute approximate surface area is 186 Å². The number of aliphatic carboxylic acids is 1. The van der Waals surface area contributed by atoms with Gasteiger partial charge in [0.2, 0.25) is 10.0 Å². The van der Waals surface area contributed by atoms with E-state index in [0.717, 1.165) is 17.6 Å². The van der Waals surface area contributed by atoms with Crippen LogP contribution in [-0.2, 0) is 14.8 Å². The normalized spacial score (nSPS) is 11.2. The lowest BCUT2D eigenvalue weighted by atomic mass is 10.1. The minimum Gasteiger partial charge on any atom is -0.479 e. The zero-order chi connectivity index (χ0) is 22.8. The van der Waals surface area contributed by atoms with E-state index in [2.05, 4.69) is 29.0 Å². The molecule has 4 rings (SSSR count). The molecule has 0 atom stereocenters. The Morgan fingerprint density at radius 2 is 1.74 bits per heavy atom. The van der Waals surface area contributed by atoms with Gasteiger partial charge in [-0.25, -0.2) is 18.0 Å². The highest BCUT2D eigenvalue weighted by atomic mass is 35.5. The molecule has 31 heavy (non-hydrogen) atoms. The molecular weight excluding hydrogens is 466 g/mol. The first kappa shape index (κ1) is 22.6. The van der Waals surface area contributed by atoms with Crippen LogP contribution >= 0.6 is 22.9 Å². The number of rotatable bonds is 7. The van der Waals surface area contributed by atoms with Crippen molar-refractivity contribution >= 4 is 50.6 Å². The molecule has 0 spiro atoms. The zero-order valence-corrected chi connectivity index (χ0v) is 18.3. The van der Waals surface area contributed by atoms with Crippen molar-refractivity contribution in [1.82, 2.24) is 0 Å². The van der Waals surface area contributed by atoms with E-state index in [9.17, 15) is 23.1 Å². The lowest BCUT2D eigenvalue weighted by Gasteiger charge is -2.09. The fraction of sp³-hybridized carbons (Fsp3) is 0.100. The van der Waals surface area contributed by atoms with E-state index in [1.54, 1.807) is 18.2 Å². The molecule has 2 aliphatic rings. The van der Waals surface area contributed by atoms with Crippen LogP contribution in [-0.4, -0.2) is 43.4 Å². The Bertz CT molecular complexity index is 1250. The number of benzene rings is 2. The fourth-order valence-corrected chi connectivity index (χ4v) is 4.63. The van der Waals surface area contributed by atoms with Crippen LogP contribution in [0.25, 0.3) is 21.6 Å². The van der Waals surface area contributed by atoms with Crippen molar-refractivity contribution in [1.29, 1.82) is 0 Å². The summed E-state index contributed by atoms with van der Waals surface area (Å²) in [6.45, 7) is -0.764. The number of anilines is 1. The van der Waals surface area contributed by atoms with Crippen LogP contribution in [0.5, 0.6) is 5.75 Å². The second-order valence-corrected chi connectivity index (χ2v) is 9.54. The molecular formula is C20H16ClNO7S2. The first-order chi connectivity index (χ1) is 14.6. The third kappa shape index (κ3) is 5.75. The van der Waals surface area contributed by atoms with E-state index in [-0.39, 0.29) is 26.2 Å². The van der Waals surface area contributed by atoms with Gasteiger partial charge in [0.25, 0.3) is 0 Å². The van der Waals surface area contributed by atoms with Crippen LogP contribution < -0.4 is 9.46 Å².